The Labute approximate surface area is 122 Å². The highest BCUT2D eigenvalue weighted by molar-refractivity contribution is 5.77. The van der Waals surface area contributed by atoms with Crippen molar-refractivity contribution in [3.8, 4) is 0 Å². The number of hydrogen-bond donors (Lipinski definition) is 3. The predicted octanol–water partition coefficient (Wildman–Crippen LogP) is -1.56. The second kappa shape index (κ2) is 5.20. The molecule has 0 bridgehead atoms. The fourth-order valence-electron chi connectivity index (χ4n) is 2.55. The van der Waals surface area contributed by atoms with Gasteiger partial charge >= 0.3 is 6.03 Å². The molecule has 4 N–H and O–H groups in total. The number of urea groups is 1. The topological polar surface area (TPSA) is 116 Å². The number of anilines is 3. The molecular formula is C11H19N9O. The van der Waals surface area contributed by atoms with E-state index in [1.807, 2.05) is 19.0 Å². The van der Waals surface area contributed by atoms with Crippen molar-refractivity contribution < 1.29 is 4.79 Å². The third-order valence-corrected chi connectivity index (χ3v) is 3.66. The molecule has 0 spiro atoms. The summed E-state index contributed by atoms with van der Waals surface area (Å²) < 4.78 is 0. The fraction of sp³-hybridized carbons (Fsp3) is 0.636. The van der Waals surface area contributed by atoms with Gasteiger partial charge in [0.05, 0.1) is 6.04 Å². The van der Waals surface area contributed by atoms with E-state index in [-0.39, 0.29) is 12.1 Å². The van der Waals surface area contributed by atoms with Crippen LogP contribution in [0.25, 0.3) is 0 Å². The van der Waals surface area contributed by atoms with E-state index in [4.69, 9.17) is 5.84 Å². The maximum atomic E-state index is 11.6. The number of nitrogens with zero attached hydrogens (tertiary/aromatic N) is 6. The lowest BCUT2D eigenvalue weighted by molar-refractivity contribution is 0.197. The van der Waals surface area contributed by atoms with Gasteiger partial charge < -0.3 is 20.0 Å². The smallest absolute Gasteiger partial charge is 0.317 e. The zero-order valence-corrected chi connectivity index (χ0v) is 12.1. The number of hydrazine groups is 1. The molecular weight excluding hydrogens is 274 g/mol. The van der Waals surface area contributed by atoms with Gasteiger partial charge in [-0.25, -0.2) is 10.6 Å². The molecule has 0 radical (unpaired) electrons. The van der Waals surface area contributed by atoms with Crippen LogP contribution in [0.5, 0.6) is 0 Å². The van der Waals surface area contributed by atoms with Crippen molar-refractivity contribution in [3.63, 3.8) is 0 Å². The van der Waals surface area contributed by atoms with Gasteiger partial charge in [0, 0.05) is 40.3 Å². The average molecular weight is 293 g/mol. The molecule has 21 heavy (non-hydrogen) atoms. The molecule has 1 aromatic rings. The maximum absolute atomic E-state index is 11.6. The number of nitrogen functional groups attached to an aromatic ring is 1. The average Bonchev–Trinajstić information content (AvgIpc) is 2.87. The van der Waals surface area contributed by atoms with Gasteiger partial charge in [-0.3, -0.25) is 5.43 Å². The van der Waals surface area contributed by atoms with Crippen molar-refractivity contribution in [2.75, 3.05) is 55.5 Å². The van der Waals surface area contributed by atoms with E-state index in [0.29, 0.717) is 44.0 Å². The Morgan fingerprint density at radius 1 is 1.33 bits per heavy atom. The van der Waals surface area contributed by atoms with E-state index in [9.17, 15) is 4.79 Å². The molecule has 1 atom stereocenters. The lowest BCUT2D eigenvalue weighted by Crippen LogP contribution is -2.52. The number of nitrogens with two attached hydrogens (primary N) is 1. The van der Waals surface area contributed by atoms with Crippen LogP contribution < -0.4 is 26.4 Å². The van der Waals surface area contributed by atoms with Crippen LogP contribution in [0.4, 0.5) is 22.6 Å². The van der Waals surface area contributed by atoms with E-state index < -0.39 is 0 Å². The van der Waals surface area contributed by atoms with Gasteiger partial charge in [-0.1, -0.05) is 0 Å². The molecule has 10 heteroatoms. The summed E-state index contributed by atoms with van der Waals surface area (Å²) in [5, 5.41) is 2.85. The van der Waals surface area contributed by atoms with E-state index in [2.05, 4.69) is 30.6 Å². The number of carbonyl (C=O) groups excluding carboxylic acids is 1. The third kappa shape index (κ3) is 2.49. The zero-order chi connectivity index (χ0) is 15.0. The summed E-state index contributed by atoms with van der Waals surface area (Å²) in [4.78, 5) is 30.3. The van der Waals surface area contributed by atoms with E-state index in [1.165, 1.54) is 0 Å². The van der Waals surface area contributed by atoms with Crippen molar-refractivity contribution in [1.82, 2.24) is 25.2 Å². The second-order valence-corrected chi connectivity index (χ2v) is 5.28. The molecule has 2 fully saturated rings. The molecule has 0 aromatic carbocycles. The molecule has 2 saturated heterocycles. The summed E-state index contributed by atoms with van der Waals surface area (Å²) in [6.07, 6.45) is 0. The highest BCUT2D eigenvalue weighted by Gasteiger charge is 2.36. The Kier molecular flexibility index (Phi) is 3.37. The van der Waals surface area contributed by atoms with Crippen molar-refractivity contribution >= 4 is 23.9 Å². The summed E-state index contributed by atoms with van der Waals surface area (Å²) in [5.74, 6) is 6.85. The number of fused-ring (bicyclic) bond motifs is 1. The van der Waals surface area contributed by atoms with Crippen LogP contribution in [0.1, 0.15) is 0 Å². The van der Waals surface area contributed by atoms with Crippen LogP contribution >= 0.6 is 0 Å². The molecule has 2 aliphatic rings. The van der Waals surface area contributed by atoms with Gasteiger partial charge in [0.15, 0.2) is 0 Å². The quantitative estimate of drug-likeness (QED) is 0.452. The maximum Gasteiger partial charge on any atom is 0.317 e. The lowest BCUT2D eigenvalue weighted by Gasteiger charge is -2.36. The summed E-state index contributed by atoms with van der Waals surface area (Å²) in [6.45, 7) is 2.69. The molecule has 1 unspecified atom stereocenters. The molecule has 0 aliphatic carbocycles. The molecule has 3 rings (SSSR count). The number of carbonyl (C=O) groups is 1. The molecule has 3 heterocycles. The lowest BCUT2D eigenvalue weighted by atomic mass is 10.2. The van der Waals surface area contributed by atoms with Crippen molar-refractivity contribution in [2.45, 2.75) is 6.04 Å². The van der Waals surface area contributed by atoms with Gasteiger partial charge in [-0.05, 0) is 0 Å². The highest BCUT2D eigenvalue weighted by Crippen LogP contribution is 2.20. The first-order chi connectivity index (χ1) is 10.1. The summed E-state index contributed by atoms with van der Waals surface area (Å²) in [7, 11) is 3.72. The predicted molar refractivity (Wildman–Crippen MR) is 78.1 cm³/mol. The highest BCUT2D eigenvalue weighted by atomic mass is 16.2. The van der Waals surface area contributed by atoms with Crippen LogP contribution in [-0.4, -0.2) is 72.2 Å². The van der Waals surface area contributed by atoms with Gasteiger partial charge in [0.1, 0.15) is 0 Å². The first-order valence-electron chi connectivity index (χ1n) is 6.78. The first kappa shape index (κ1) is 13.6. The van der Waals surface area contributed by atoms with E-state index in [0.717, 1.165) is 0 Å². The number of amides is 2. The van der Waals surface area contributed by atoms with Gasteiger partial charge in [0.2, 0.25) is 17.8 Å². The summed E-state index contributed by atoms with van der Waals surface area (Å²) in [6, 6.07) is 0.161. The van der Waals surface area contributed by atoms with Gasteiger partial charge in [-0.15, -0.1) is 0 Å². The Bertz CT molecular complexity index is 548. The van der Waals surface area contributed by atoms with Crippen molar-refractivity contribution in [2.24, 2.45) is 5.84 Å². The fourth-order valence-corrected chi connectivity index (χ4v) is 2.55. The minimum atomic E-state index is 0.00795. The largest absolute Gasteiger partial charge is 0.347 e. The molecule has 114 valence electrons. The van der Waals surface area contributed by atoms with E-state index in [1.54, 1.807) is 4.90 Å². The van der Waals surface area contributed by atoms with Crippen molar-refractivity contribution in [1.29, 1.82) is 0 Å². The molecule has 0 saturated carbocycles. The minimum Gasteiger partial charge on any atom is -0.347 e. The molecule has 2 amide bonds. The Hall–Kier alpha value is -2.36. The van der Waals surface area contributed by atoms with Crippen LogP contribution in [0.2, 0.25) is 0 Å². The standard InChI is InChI=1S/C11H19N9O/c1-18(2)9-14-8(17-12)15-10(16-9)19-3-4-20-7(6-19)5-13-11(20)21/h7H,3-6,12H2,1-2H3,(H,13,21)(H,14,15,16,17). The zero-order valence-electron chi connectivity index (χ0n) is 12.1. The minimum absolute atomic E-state index is 0.00795. The number of hydrogen-bond acceptors (Lipinski definition) is 8. The number of aromatic nitrogens is 3. The third-order valence-electron chi connectivity index (χ3n) is 3.66. The first-order valence-corrected chi connectivity index (χ1v) is 6.78. The Morgan fingerprint density at radius 2 is 2.14 bits per heavy atom. The number of rotatable bonds is 3. The summed E-state index contributed by atoms with van der Waals surface area (Å²) in [5.41, 5.74) is 2.46. The van der Waals surface area contributed by atoms with Crippen LogP contribution in [0, 0.1) is 0 Å². The number of piperazine rings is 1. The SMILES string of the molecule is CN(C)c1nc(NN)nc(N2CCN3C(=O)NCC3C2)n1. The normalized spacial score (nSPS) is 21.1. The van der Waals surface area contributed by atoms with Crippen LogP contribution in [0.3, 0.4) is 0 Å². The number of nitrogens with one attached hydrogen (secondary N) is 2. The Morgan fingerprint density at radius 3 is 2.86 bits per heavy atom. The van der Waals surface area contributed by atoms with Crippen LogP contribution in [-0.2, 0) is 0 Å². The second-order valence-electron chi connectivity index (χ2n) is 5.28. The molecule has 10 nitrogen and oxygen atoms in total. The van der Waals surface area contributed by atoms with Crippen molar-refractivity contribution in [3.05, 3.63) is 0 Å². The van der Waals surface area contributed by atoms with Crippen LogP contribution in [0.15, 0.2) is 0 Å². The van der Waals surface area contributed by atoms with E-state index >= 15 is 0 Å². The van der Waals surface area contributed by atoms with Gasteiger partial charge in [-0.2, -0.15) is 15.0 Å². The Balaban J connectivity index is 1.83. The van der Waals surface area contributed by atoms with Gasteiger partial charge in [0.25, 0.3) is 0 Å². The summed E-state index contributed by atoms with van der Waals surface area (Å²) >= 11 is 0. The molecule has 2 aliphatic heterocycles. The monoisotopic (exact) mass is 293 g/mol. The molecule has 1 aromatic heterocycles.